The number of carboxylic acid groups (broad SMARTS) is 1. The molecule has 1 heterocycles. The molecule has 1 aromatic heterocycles. The average molecular weight is 434 g/mol. The first-order valence-corrected chi connectivity index (χ1v) is 10.8. The maximum atomic E-state index is 13.2. The van der Waals surface area contributed by atoms with Crippen molar-refractivity contribution >= 4 is 11.9 Å². The number of hydrogen-bond acceptors (Lipinski definition) is 4. The zero-order valence-corrected chi connectivity index (χ0v) is 18.1. The highest BCUT2D eigenvalue weighted by molar-refractivity contribution is 6.03. The number of nitrogens with one attached hydrogen (secondary N) is 1. The van der Waals surface area contributed by atoms with Crippen LogP contribution in [0.3, 0.4) is 0 Å². The van der Waals surface area contributed by atoms with Gasteiger partial charge in [-0.15, -0.1) is 0 Å². The Labute approximate surface area is 186 Å². The Morgan fingerprint density at radius 2 is 1.56 bits per heavy atom. The number of unbranched alkanes of at least 4 members (excludes halogenated alkanes) is 2. The number of carboxylic acids is 1. The van der Waals surface area contributed by atoms with Crippen LogP contribution in [0, 0.1) is 0 Å². The van der Waals surface area contributed by atoms with E-state index in [0.29, 0.717) is 43.6 Å². The molecule has 0 spiro atoms. The number of benzene rings is 2. The molecule has 0 bridgehead atoms. The number of carbonyl (C=O) groups excluding carboxylic acids is 1. The summed E-state index contributed by atoms with van der Waals surface area (Å²) in [7, 11) is 0. The lowest BCUT2D eigenvalue weighted by atomic mass is 9.95. The molecular formula is C25H27N3O4. The van der Waals surface area contributed by atoms with Gasteiger partial charge in [-0.3, -0.25) is 14.4 Å². The van der Waals surface area contributed by atoms with Gasteiger partial charge in [-0.1, -0.05) is 67.1 Å². The van der Waals surface area contributed by atoms with Crippen LogP contribution in [0.4, 0.5) is 0 Å². The Morgan fingerprint density at radius 1 is 0.938 bits per heavy atom. The first-order valence-electron chi connectivity index (χ1n) is 10.8. The molecule has 0 aliphatic heterocycles. The second-order valence-corrected chi connectivity index (χ2v) is 7.41. The fourth-order valence-electron chi connectivity index (χ4n) is 3.55. The summed E-state index contributed by atoms with van der Waals surface area (Å²) in [6.07, 6.45) is 1.98. The molecule has 7 nitrogen and oxygen atoms in total. The lowest BCUT2D eigenvalue weighted by molar-refractivity contribution is -0.137. The number of nitrogens with zero attached hydrogens (tertiary/aromatic N) is 2. The monoisotopic (exact) mass is 433 g/mol. The highest BCUT2D eigenvalue weighted by atomic mass is 16.4. The molecule has 2 aromatic carbocycles. The van der Waals surface area contributed by atoms with E-state index in [1.807, 2.05) is 67.6 Å². The van der Waals surface area contributed by atoms with Crippen molar-refractivity contribution in [1.82, 2.24) is 15.1 Å². The van der Waals surface area contributed by atoms with Gasteiger partial charge in [-0.05, 0) is 25.3 Å². The molecule has 0 aliphatic carbocycles. The smallest absolute Gasteiger partial charge is 0.303 e. The zero-order valence-electron chi connectivity index (χ0n) is 18.1. The van der Waals surface area contributed by atoms with Crippen molar-refractivity contribution in [2.24, 2.45) is 0 Å². The maximum absolute atomic E-state index is 13.2. The van der Waals surface area contributed by atoms with E-state index in [0.717, 1.165) is 11.1 Å². The molecule has 0 saturated heterocycles. The third-order valence-electron chi connectivity index (χ3n) is 5.15. The van der Waals surface area contributed by atoms with Crippen LogP contribution in [0.1, 0.15) is 43.0 Å². The van der Waals surface area contributed by atoms with E-state index in [-0.39, 0.29) is 12.0 Å². The molecule has 166 valence electrons. The van der Waals surface area contributed by atoms with Crippen LogP contribution < -0.4 is 10.9 Å². The van der Waals surface area contributed by atoms with Gasteiger partial charge in [-0.25, -0.2) is 4.68 Å². The fraction of sp³-hybridized carbons (Fsp3) is 0.280. The summed E-state index contributed by atoms with van der Waals surface area (Å²) < 4.78 is 1.32. The normalized spacial score (nSPS) is 10.7. The van der Waals surface area contributed by atoms with Crippen molar-refractivity contribution in [1.29, 1.82) is 0 Å². The Kier molecular flexibility index (Phi) is 7.91. The summed E-state index contributed by atoms with van der Waals surface area (Å²) in [5, 5.41) is 16.2. The minimum absolute atomic E-state index is 0.0671. The summed E-state index contributed by atoms with van der Waals surface area (Å²) >= 11 is 0. The largest absolute Gasteiger partial charge is 0.481 e. The number of aryl methyl sites for hydroxylation is 1. The van der Waals surface area contributed by atoms with Crippen LogP contribution >= 0.6 is 0 Å². The average Bonchev–Trinajstić information content (AvgIpc) is 2.81. The summed E-state index contributed by atoms with van der Waals surface area (Å²) in [6, 6.07) is 18.8. The van der Waals surface area contributed by atoms with Crippen molar-refractivity contribution in [3.05, 3.63) is 76.6 Å². The van der Waals surface area contributed by atoms with Gasteiger partial charge in [-0.2, -0.15) is 5.10 Å². The van der Waals surface area contributed by atoms with Crippen LogP contribution in [0.25, 0.3) is 22.4 Å². The first-order chi connectivity index (χ1) is 15.5. The lowest BCUT2D eigenvalue weighted by Crippen LogP contribution is -2.36. The van der Waals surface area contributed by atoms with Crippen LogP contribution in [-0.2, 0) is 11.3 Å². The van der Waals surface area contributed by atoms with Gasteiger partial charge in [0, 0.05) is 30.6 Å². The van der Waals surface area contributed by atoms with Crippen LogP contribution in [0.15, 0.2) is 65.5 Å². The second kappa shape index (κ2) is 11.0. The highest BCUT2D eigenvalue weighted by Crippen LogP contribution is 2.31. The third-order valence-corrected chi connectivity index (χ3v) is 5.15. The molecule has 0 aliphatic rings. The van der Waals surface area contributed by atoms with Gasteiger partial charge in [0.05, 0.1) is 5.69 Å². The van der Waals surface area contributed by atoms with Crippen molar-refractivity contribution in [2.45, 2.75) is 39.2 Å². The number of amides is 1. The molecule has 3 aromatic rings. The molecule has 1 amide bonds. The number of rotatable bonds is 10. The number of aliphatic carboxylic acids is 1. The quantitative estimate of drug-likeness (QED) is 0.471. The van der Waals surface area contributed by atoms with Gasteiger partial charge >= 0.3 is 5.97 Å². The Balaban J connectivity index is 2.01. The van der Waals surface area contributed by atoms with E-state index in [1.165, 1.54) is 4.68 Å². The summed E-state index contributed by atoms with van der Waals surface area (Å²) in [4.78, 5) is 37.0. The minimum Gasteiger partial charge on any atom is -0.481 e. The van der Waals surface area contributed by atoms with Gasteiger partial charge in [0.2, 0.25) is 0 Å². The van der Waals surface area contributed by atoms with Crippen LogP contribution in [0.5, 0.6) is 0 Å². The van der Waals surface area contributed by atoms with Gasteiger partial charge in [0.25, 0.3) is 11.5 Å². The number of aromatic nitrogens is 2. The van der Waals surface area contributed by atoms with Gasteiger partial charge in [0.1, 0.15) is 5.56 Å². The third kappa shape index (κ3) is 5.49. The Bertz CT molecular complexity index is 1130. The molecular weight excluding hydrogens is 406 g/mol. The van der Waals surface area contributed by atoms with Crippen molar-refractivity contribution in [2.75, 3.05) is 6.54 Å². The predicted octanol–water partition coefficient (Wildman–Crippen LogP) is 3.97. The van der Waals surface area contributed by atoms with E-state index in [9.17, 15) is 14.4 Å². The molecule has 0 unspecified atom stereocenters. The SMILES string of the molecule is CCn1nc(-c2ccccc2)c(-c2ccccc2)c(C(=O)NCCCCCC(=O)O)c1=O. The summed E-state index contributed by atoms with van der Waals surface area (Å²) in [5.74, 6) is -1.28. The van der Waals surface area contributed by atoms with Crippen molar-refractivity contribution < 1.29 is 14.7 Å². The molecule has 0 radical (unpaired) electrons. The second-order valence-electron chi connectivity index (χ2n) is 7.41. The number of hydrogen-bond donors (Lipinski definition) is 2. The van der Waals surface area contributed by atoms with Crippen molar-refractivity contribution in [3.63, 3.8) is 0 Å². The molecule has 2 N–H and O–H groups in total. The molecule has 0 atom stereocenters. The molecule has 32 heavy (non-hydrogen) atoms. The van der Waals surface area contributed by atoms with Gasteiger partial charge < -0.3 is 10.4 Å². The molecule has 3 rings (SSSR count). The predicted molar refractivity (Wildman–Crippen MR) is 123 cm³/mol. The first kappa shape index (κ1) is 22.9. The molecule has 0 fully saturated rings. The highest BCUT2D eigenvalue weighted by Gasteiger charge is 2.24. The standard InChI is InChI=1S/C25H27N3O4/c1-2-28-25(32)22(24(31)26-17-11-5-10-16-20(29)30)21(18-12-6-3-7-13-18)23(27-28)19-14-8-4-9-15-19/h3-4,6-9,12-15H,2,5,10-11,16-17H2,1H3,(H,26,31)(H,29,30). The van der Waals surface area contributed by atoms with Crippen LogP contribution in [0.2, 0.25) is 0 Å². The van der Waals surface area contributed by atoms with Crippen LogP contribution in [-0.4, -0.2) is 33.3 Å². The fourth-order valence-corrected chi connectivity index (χ4v) is 3.55. The Morgan fingerprint density at radius 3 is 2.16 bits per heavy atom. The van der Waals surface area contributed by atoms with Gasteiger partial charge in [0.15, 0.2) is 0 Å². The van der Waals surface area contributed by atoms with E-state index in [2.05, 4.69) is 10.4 Å². The Hall–Kier alpha value is -3.74. The van der Waals surface area contributed by atoms with Crippen molar-refractivity contribution in [3.8, 4) is 22.4 Å². The summed E-state index contributed by atoms with van der Waals surface area (Å²) in [6.45, 7) is 2.51. The van der Waals surface area contributed by atoms with E-state index in [4.69, 9.17) is 5.11 Å². The molecule has 0 saturated carbocycles. The number of carbonyl (C=O) groups is 2. The maximum Gasteiger partial charge on any atom is 0.303 e. The lowest BCUT2D eigenvalue weighted by Gasteiger charge is -2.17. The summed E-state index contributed by atoms with van der Waals surface area (Å²) in [5.41, 5.74) is 2.27. The van der Waals surface area contributed by atoms with E-state index < -0.39 is 17.4 Å². The van der Waals surface area contributed by atoms with E-state index >= 15 is 0 Å². The van der Waals surface area contributed by atoms with E-state index in [1.54, 1.807) is 0 Å². The minimum atomic E-state index is -0.827. The zero-order chi connectivity index (χ0) is 22.9. The topological polar surface area (TPSA) is 101 Å². The molecule has 7 heteroatoms.